The zero-order valence-electron chi connectivity index (χ0n) is 26.3. The summed E-state index contributed by atoms with van der Waals surface area (Å²) < 4.78 is 71.4. The summed E-state index contributed by atoms with van der Waals surface area (Å²) in [6.07, 6.45) is 4.42. The number of nitrogens with zero attached hydrogens (tertiary/aromatic N) is 6. The summed E-state index contributed by atoms with van der Waals surface area (Å²) in [6.45, 7) is -0.108. The molecule has 2 atom stereocenters. The van der Waals surface area contributed by atoms with Gasteiger partial charge in [-0.1, -0.05) is 5.16 Å². The molecule has 2 unspecified atom stereocenters. The number of hydrogen-bond donors (Lipinski definition) is 2. The van der Waals surface area contributed by atoms with Crippen LogP contribution < -0.4 is 10.6 Å². The second kappa shape index (κ2) is 11.3. The quantitative estimate of drug-likeness (QED) is 0.235. The third kappa shape index (κ3) is 5.55. The maximum atomic E-state index is 15.7. The standard InChI is InChI=1S/C26H34B4F4N8O4/c1-45-11-16(42-22(44)38-25(27,28)24(33,34)26(42,29)30)14-8-17-36-15(10-41(17)35-9-14)18(13-4-6-23(31,32)7-5-13)37-21(43)20-19(12-2-3-12)39-46-40-20/h8-10,12-13,16,18H,2-7,11,27-30H2,1H3,(H,37,43)(H,38,44). The van der Waals surface area contributed by atoms with Gasteiger partial charge in [-0.25, -0.2) is 36.5 Å². The van der Waals surface area contributed by atoms with Crippen molar-refractivity contribution in [2.24, 2.45) is 5.92 Å². The molecule has 3 amide bonds. The lowest BCUT2D eigenvalue weighted by molar-refractivity contribution is -0.108. The number of carbonyl (C=O) groups is 2. The van der Waals surface area contributed by atoms with E-state index in [0.717, 1.165) is 17.7 Å². The highest BCUT2D eigenvalue weighted by molar-refractivity contribution is 6.48. The number of amides is 3. The average molecular weight is 642 g/mol. The van der Waals surface area contributed by atoms with Gasteiger partial charge in [-0.2, -0.15) is 5.10 Å². The normalized spacial score (nSPS) is 23.5. The number of carbonyl (C=O) groups excluding carboxylic acids is 2. The van der Waals surface area contributed by atoms with Crippen LogP contribution in [0.25, 0.3) is 5.65 Å². The fraction of sp³-hybridized carbons (Fsp3) is 0.615. The lowest BCUT2D eigenvalue weighted by atomic mass is 9.43. The minimum absolute atomic E-state index is 0.0580. The van der Waals surface area contributed by atoms with Gasteiger partial charge in [-0.15, -0.1) is 0 Å². The Kier molecular flexibility index (Phi) is 7.96. The van der Waals surface area contributed by atoms with Gasteiger partial charge in [0.25, 0.3) is 11.8 Å². The van der Waals surface area contributed by atoms with Crippen LogP contribution >= 0.6 is 0 Å². The summed E-state index contributed by atoms with van der Waals surface area (Å²) in [6, 6.07) is -0.796. The summed E-state index contributed by atoms with van der Waals surface area (Å²) in [5.74, 6) is -6.93. The second-order valence-corrected chi connectivity index (χ2v) is 13.7. The molecular formula is C26H34B4F4N8O4. The number of fused-ring (bicyclic) bond motifs is 1. The van der Waals surface area contributed by atoms with Crippen LogP contribution in [-0.2, 0) is 4.74 Å². The number of rotatable bonds is 9. The molecule has 12 nitrogen and oxygen atoms in total. The zero-order valence-corrected chi connectivity index (χ0v) is 26.3. The Morgan fingerprint density at radius 3 is 2.50 bits per heavy atom. The minimum atomic E-state index is -3.33. The SMILES string of the molecule is BC1(B)NC(=O)N(C(COC)c2cnn3cc(C(NC(=O)c4nonc4C4CC4)C4CCC(F)(F)CC4)nc3c2)C(B)(B)C1(F)F. The zero-order chi connectivity index (χ0) is 33.2. The Morgan fingerprint density at radius 1 is 1.15 bits per heavy atom. The largest absolute Gasteiger partial charge is 0.382 e. The van der Waals surface area contributed by atoms with E-state index in [4.69, 9.17) is 14.3 Å². The number of nitrogens with one attached hydrogen (secondary N) is 2. The van der Waals surface area contributed by atoms with E-state index in [2.05, 4.69) is 26.0 Å². The van der Waals surface area contributed by atoms with Crippen molar-refractivity contribution < 1.29 is 36.5 Å². The summed E-state index contributed by atoms with van der Waals surface area (Å²) in [7, 11) is 6.60. The molecule has 242 valence electrons. The molecule has 3 fully saturated rings. The number of hydrogen-bond acceptors (Lipinski definition) is 8. The summed E-state index contributed by atoms with van der Waals surface area (Å²) in [5, 5.41) is 13.8. The van der Waals surface area contributed by atoms with Crippen LogP contribution in [-0.4, -0.2) is 109 Å². The van der Waals surface area contributed by atoms with Gasteiger partial charge in [-0.3, -0.25) is 4.79 Å². The van der Waals surface area contributed by atoms with Crippen LogP contribution in [0.1, 0.15) is 84.0 Å². The van der Waals surface area contributed by atoms with Gasteiger partial charge < -0.3 is 20.3 Å². The molecule has 3 aromatic rings. The Morgan fingerprint density at radius 2 is 1.85 bits per heavy atom. The Labute approximate surface area is 265 Å². The Balaban J connectivity index is 1.34. The van der Waals surface area contributed by atoms with Gasteiger partial charge in [0.05, 0.1) is 36.8 Å². The van der Waals surface area contributed by atoms with Gasteiger partial charge in [0.1, 0.15) is 37.1 Å². The highest BCUT2D eigenvalue weighted by Gasteiger charge is 2.65. The molecule has 2 saturated carbocycles. The molecule has 2 aliphatic carbocycles. The molecule has 3 aromatic heterocycles. The minimum Gasteiger partial charge on any atom is -0.382 e. The van der Waals surface area contributed by atoms with Crippen LogP contribution in [0.5, 0.6) is 0 Å². The van der Waals surface area contributed by atoms with E-state index in [-0.39, 0.29) is 49.8 Å². The van der Waals surface area contributed by atoms with E-state index in [1.807, 2.05) is 0 Å². The monoisotopic (exact) mass is 642 g/mol. The molecule has 2 N–H and O–H groups in total. The first-order valence-corrected chi connectivity index (χ1v) is 15.4. The van der Waals surface area contributed by atoms with Crippen LogP contribution in [0.2, 0.25) is 0 Å². The smallest absolute Gasteiger partial charge is 0.316 e. The number of ether oxygens (including phenoxy) is 1. The fourth-order valence-corrected chi connectivity index (χ4v) is 6.84. The van der Waals surface area contributed by atoms with Crippen LogP contribution in [0, 0.1) is 5.92 Å². The molecule has 6 rings (SSSR count). The first-order valence-electron chi connectivity index (χ1n) is 15.4. The Bertz CT molecular complexity index is 1640. The van der Waals surface area contributed by atoms with Crippen molar-refractivity contribution in [2.45, 2.75) is 79.0 Å². The molecule has 4 heterocycles. The van der Waals surface area contributed by atoms with Crippen LogP contribution in [0.4, 0.5) is 22.4 Å². The second-order valence-electron chi connectivity index (χ2n) is 13.7. The van der Waals surface area contributed by atoms with Crippen molar-refractivity contribution in [1.82, 2.24) is 40.4 Å². The number of aromatic nitrogens is 5. The Hall–Kier alpha value is -3.56. The number of alkyl halides is 4. The molecule has 0 bridgehead atoms. The molecule has 0 aromatic carbocycles. The maximum Gasteiger partial charge on any atom is 0.316 e. The van der Waals surface area contributed by atoms with E-state index in [1.54, 1.807) is 12.3 Å². The van der Waals surface area contributed by atoms with E-state index in [9.17, 15) is 18.4 Å². The van der Waals surface area contributed by atoms with Gasteiger partial charge in [0, 0.05) is 42.1 Å². The van der Waals surface area contributed by atoms with E-state index in [1.165, 1.54) is 49.2 Å². The molecule has 1 saturated heterocycles. The molecule has 20 heteroatoms. The fourth-order valence-electron chi connectivity index (χ4n) is 6.84. The summed E-state index contributed by atoms with van der Waals surface area (Å²) in [4.78, 5) is 32.5. The number of methoxy groups -OCH3 is 1. The number of imidazole rings is 1. The van der Waals surface area contributed by atoms with Gasteiger partial charge in [0.15, 0.2) is 11.3 Å². The first kappa shape index (κ1) is 32.4. The lowest BCUT2D eigenvalue weighted by Gasteiger charge is -2.57. The van der Waals surface area contributed by atoms with Gasteiger partial charge in [-0.05, 0) is 42.8 Å². The van der Waals surface area contributed by atoms with Gasteiger partial charge in [0.2, 0.25) is 5.92 Å². The number of urea groups is 1. The topological polar surface area (TPSA) is 140 Å². The molecule has 0 radical (unpaired) electrons. The molecule has 0 spiro atoms. The van der Waals surface area contributed by atoms with Crippen molar-refractivity contribution in [2.75, 3.05) is 13.7 Å². The van der Waals surface area contributed by atoms with E-state index < -0.39 is 46.5 Å². The average Bonchev–Trinajstić information content (AvgIpc) is 3.53. The molecule has 3 aliphatic rings. The first-order chi connectivity index (χ1) is 21.6. The van der Waals surface area contributed by atoms with Gasteiger partial charge >= 0.3 is 6.03 Å². The van der Waals surface area contributed by atoms with Crippen molar-refractivity contribution in [3.8, 4) is 0 Å². The van der Waals surface area contributed by atoms with Crippen molar-refractivity contribution >= 4 is 49.0 Å². The van der Waals surface area contributed by atoms with Crippen LogP contribution in [0.3, 0.4) is 0 Å². The highest BCUT2D eigenvalue weighted by Crippen LogP contribution is 2.45. The summed E-state index contributed by atoms with van der Waals surface area (Å²) >= 11 is 0. The molecule has 1 aliphatic heterocycles. The summed E-state index contributed by atoms with van der Waals surface area (Å²) in [5.41, 5.74) is 1.60. The molecule has 46 heavy (non-hydrogen) atoms. The van der Waals surface area contributed by atoms with Crippen molar-refractivity contribution in [3.05, 3.63) is 41.1 Å². The third-order valence-corrected chi connectivity index (χ3v) is 9.71. The van der Waals surface area contributed by atoms with Crippen molar-refractivity contribution in [3.63, 3.8) is 0 Å². The highest BCUT2D eigenvalue weighted by atomic mass is 19.3. The third-order valence-electron chi connectivity index (χ3n) is 9.71. The lowest BCUT2D eigenvalue weighted by Crippen LogP contribution is -2.83. The van der Waals surface area contributed by atoms with Crippen LogP contribution in [0.15, 0.2) is 23.1 Å². The molecular weight excluding hydrogens is 608 g/mol. The van der Waals surface area contributed by atoms with Crippen molar-refractivity contribution in [1.29, 1.82) is 0 Å². The predicted octanol–water partition coefficient (Wildman–Crippen LogP) is -0.526. The van der Waals surface area contributed by atoms with E-state index in [0.29, 0.717) is 22.6 Å². The number of halogens is 4. The van der Waals surface area contributed by atoms with E-state index >= 15 is 8.78 Å². The maximum absolute atomic E-state index is 15.7. The predicted molar refractivity (Wildman–Crippen MR) is 166 cm³/mol.